The number of halogens is 1. The maximum absolute atomic E-state index is 13.4. The molecule has 1 aromatic heterocycles. The summed E-state index contributed by atoms with van der Waals surface area (Å²) in [7, 11) is 1.34. The zero-order valence-corrected chi connectivity index (χ0v) is 15.6. The number of carbonyl (C=O) groups is 2. The number of rotatable bonds is 5. The molecule has 0 saturated heterocycles. The minimum atomic E-state index is -0.345. The predicted octanol–water partition coefficient (Wildman–Crippen LogP) is 3.11. The molecule has 8 heteroatoms. The normalized spacial score (nSPS) is 12.7. The summed E-state index contributed by atoms with van der Waals surface area (Å²) >= 11 is 0. The van der Waals surface area contributed by atoms with Crippen molar-refractivity contribution in [2.75, 3.05) is 19.0 Å². The molecule has 0 fully saturated rings. The first-order valence-corrected chi connectivity index (χ1v) is 9.02. The number of nitrogens with zero attached hydrogens (tertiary/aromatic N) is 2. The summed E-state index contributed by atoms with van der Waals surface area (Å²) in [6, 6.07) is 13.3. The van der Waals surface area contributed by atoms with Gasteiger partial charge in [0, 0.05) is 12.0 Å². The van der Waals surface area contributed by atoms with Crippen LogP contribution in [0.25, 0.3) is 16.9 Å². The molecule has 2 heterocycles. The van der Waals surface area contributed by atoms with Gasteiger partial charge < -0.3 is 14.8 Å². The lowest BCUT2D eigenvalue weighted by molar-refractivity contribution is -0.140. The van der Waals surface area contributed by atoms with Crippen LogP contribution in [-0.2, 0) is 20.7 Å². The van der Waals surface area contributed by atoms with Crippen LogP contribution in [0.15, 0.2) is 48.5 Å². The van der Waals surface area contributed by atoms with Gasteiger partial charge in [-0.25, -0.2) is 9.07 Å². The molecule has 29 heavy (non-hydrogen) atoms. The number of amides is 1. The summed E-state index contributed by atoms with van der Waals surface area (Å²) < 4.78 is 25.2. The second kappa shape index (κ2) is 7.75. The first kappa shape index (κ1) is 18.7. The highest BCUT2D eigenvalue weighted by Crippen LogP contribution is 2.34. The van der Waals surface area contributed by atoms with Gasteiger partial charge in [0.2, 0.25) is 0 Å². The van der Waals surface area contributed by atoms with Gasteiger partial charge in [0.25, 0.3) is 5.91 Å². The molecule has 2 aromatic carbocycles. The molecule has 0 saturated carbocycles. The van der Waals surface area contributed by atoms with E-state index in [0.29, 0.717) is 29.2 Å². The lowest BCUT2D eigenvalue weighted by atomic mass is 10.1. The summed E-state index contributed by atoms with van der Waals surface area (Å²) in [6.45, 7) is -0.0163. The van der Waals surface area contributed by atoms with Crippen LogP contribution in [0.4, 0.5) is 10.1 Å². The molecule has 3 aromatic rings. The molecule has 0 aliphatic carbocycles. The van der Waals surface area contributed by atoms with Gasteiger partial charge in [-0.05, 0) is 48.5 Å². The number of hydrogen-bond acceptors (Lipinski definition) is 5. The third kappa shape index (κ3) is 3.96. The number of ether oxygens (including phenoxy) is 2. The molecule has 0 bridgehead atoms. The maximum Gasteiger partial charge on any atom is 0.305 e. The lowest BCUT2D eigenvalue weighted by Gasteiger charge is -2.18. The van der Waals surface area contributed by atoms with Crippen LogP contribution in [0.5, 0.6) is 5.75 Å². The van der Waals surface area contributed by atoms with Crippen molar-refractivity contribution in [3.8, 4) is 22.7 Å². The number of esters is 1. The van der Waals surface area contributed by atoms with Crippen LogP contribution in [0.2, 0.25) is 0 Å². The first-order valence-electron chi connectivity index (χ1n) is 9.02. The third-order valence-electron chi connectivity index (χ3n) is 4.55. The van der Waals surface area contributed by atoms with Gasteiger partial charge in [-0.3, -0.25) is 9.59 Å². The Labute approximate surface area is 166 Å². The predicted molar refractivity (Wildman–Crippen MR) is 103 cm³/mol. The van der Waals surface area contributed by atoms with E-state index in [9.17, 15) is 14.0 Å². The fourth-order valence-corrected chi connectivity index (χ4v) is 3.11. The van der Waals surface area contributed by atoms with E-state index in [2.05, 4.69) is 10.4 Å². The lowest BCUT2D eigenvalue weighted by Crippen LogP contribution is -2.25. The van der Waals surface area contributed by atoms with E-state index in [-0.39, 0.29) is 30.7 Å². The number of anilines is 1. The van der Waals surface area contributed by atoms with E-state index in [0.717, 1.165) is 11.3 Å². The molecular weight excluding hydrogens is 377 g/mol. The molecule has 0 atom stereocenters. The van der Waals surface area contributed by atoms with Crippen molar-refractivity contribution < 1.29 is 23.5 Å². The van der Waals surface area contributed by atoms with Gasteiger partial charge in [-0.2, -0.15) is 5.10 Å². The van der Waals surface area contributed by atoms with Crippen molar-refractivity contribution in [1.29, 1.82) is 0 Å². The summed E-state index contributed by atoms with van der Waals surface area (Å²) in [4.78, 5) is 23.1. The maximum atomic E-state index is 13.4. The van der Waals surface area contributed by atoms with E-state index in [1.165, 1.54) is 19.2 Å². The standard InChI is InChI=1S/C21H18FN3O4/c1-28-21(27)9-5-15-11-18(25(24-15)16-6-3-14(22)4-7-16)13-2-8-19-17(10-13)23-20(26)12-29-19/h2-4,6-8,10-11H,5,9,12H2,1H3,(H,23,26). The van der Waals surface area contributed by atoms with Crippen molar-refractivity contribution in [3.05, 3.63) is 60.0 Å². The number of nitrogens with one attached hydrogen (secondary N) is 1. The summed E-state index contributed by atoms with van der Waals surface area (Å²) in [5, 5.41) is 7.37. The molecule has 0 radical (unpaired) electrons. The zero-order valence-electron chi connectivity index (χ0n) is 15.6. The van der Waals surface area contributed by atoms with Crippen LogP contribution >= 0.6 is 0 Å². The van der Waals surface area contributed by atoms with Crippen LogP contribution in [0.3, 0.4) is 0 Å². The van der Waals surface area contributed by atoms with E-state index in [1.807, 2.05) is 12.1 Å². The molecule has 1 N–H and O–H groups in total. The quantitative estimate of drug-likeness (QED) is 0.672. The van der Waals surface area contributed by atoms with Crippen LogP contribution < -0.4 is 10.1 Å². The Morgan fingerprint density at radius 2 is 2.03 bits per heavy atom. The van der Waals surface area contributed by atoms with Crippen molar-refractivity contribution in [2.45, 2.75) is 12.8 Å². The Hall–Kier alpha value is -3.68. The molecule has 7 nitrogen and oxygen atoms in total. The topological polar surface area (TPSA) is 82.5 Å². The number of hydrogen-bond donors (Lipinski definition) is 1. The van der Waals surface area contributed by atoms with Crippen molar-refractivity contribution in [1.82, 2.24) is 9.78 Å². The van der Waals surface area contributed by atoms with Crippen LogP contribution in [0, 0.1) is 5.82 Å². The molecule has 0 spiro atoms. The molecule has 148 valence electrons. The fraction of sp³-hybridized carbons (Fsp3) is 0.190. The van der Waals surface area contributed by atoms with Crippen LogP contribution in [-0.4, -0.2) is 35.4 Å². The SMILES string of the molecule is COC(=O)CCc1cc(-c2ccc3c(c2)NC(=O)CO3)n(-c2ccc(F)cc2)n1. The third-order valence-corrected chi connectivity index (χ3v) is 4.55. The van der Waals surface area contributed by atoms with Crippen molar-refractivity contribution in [2.24, 2.45) is 0 Å². The van der Waals surface area contributed by atoms with Crippen molar-refractivity contribution >= 4 is 17.6 Å². The molecule has 1 aliphatic heterocycles. The Morgan fingerprint density at radius 3 is 2.79 bits per heavy atom. The molecular formula is C21H18FN3O4. The van der Waals surface area contributed by atoms with Crippen molar-refractivity contribution in [3.63, 3.8) is 0 Å². The van der Waals surface area contributed by atoms with Gasteiger partial charge in [0.05, 0.1) is 36.3 Å². The van der Waals surface area contributed by atoms with E-state index < -0.39 is 0 Å². The summed E-state index contributed by atoms with van der Waals surface area (Å²) in [6.07, 6.45) is 0.600. The van der Waals surface area contributed by atoms with E-state index in [4.69, 9.17) is 9.47 Å². The summed E-state index contributed by atoms with van der Waals surface area (Å²) in [5.41, 5.74) is 3.45. The van der Waals surface area contributed by atoms with Gasteiger partial charge in [-0.1, -0.05) is 0 Å². The smallest absolute Gasteiger partial charge is 0.305 e. The van der Waals surface area contributed by atoms with Gasteiger partial charge in [-0.15, -0.1) is 0 Å². The van der Waals surface area contributed by atoms with Crippen LogP contribution in [0.1, 0.15) is 12.1 Å². The minimum absolute atomic E-state index is 0.0163. The highest BCUT2D eigenvalue weighted by atomic mass is 19.1. The number of aryl methyl sites for hydroxylation is 1. The Morgan fingerprint density at radius 1 is 1.24 bits per heavy atom. The zero-order chi connectivity index (χ0) is 20.4. The highest BCUT2D eigenvalue weighted by Gasteiger charge is 2.19. The van der Waals surface area contributed by atoms with Gasteiger partial charge in [0.1, 0.15) is 11.6 Å². The Bertz CT molecular complexity index is 1080. The number of carbonyl (C=O) groups excluding carboxylic acids is 2. The average molecular weight is 395 g/mol. The van der Waals surface area contributed by atoms with Gasteiger partial charge >= 0.3 is 5.97 Å². The number of benzene rings is 2. The monoisotopic (exact) mass is 395 g/mol. The molecule has 1 aliphatic rings. The number of fused-ring (bicyclic) bond motifs is 1. The first-order chi connectivity index (χ1) is 14.0. The average Bonchev–Trinajstić information content (AvgIpc) is 3.16. The number of methoxy groups -OCH3 is 1. The highest BCUT2D eigenvalue weighted by molar-refractivity contribution is 5.96. The largest absolute Gasteiger partial charge is 0.482 e. The fourth-order valence-electron chi connectivity index (χ4n) is 3.11. The minimum Gasteiger partial charge on any atom is -0.482 e. The number of aromatic nitrogens is 2. The second-order valence-electron chi connectivity index (χ2n) is 6.53. The Balaban J connectivity index is 1.75. The second-order valence-corrected chi connectivity index (χ2v) is 6.53. The van der Waals surface area contributed by atoms with Gasteiger partial charge in [0.15, 0.2) is 6.61 Å². The molecule has 1 amide bonds. The molecule has 0 unspecified atom stereocenters. The Kier molecular flexibility index (Phi) is 4.99. The van der Waals surface area contributed by atoms with E-state index in [1.54, 1.807) is 28.9 Å². The van der Waals surface area contributed by atoms with E-state index >= 15 is 0 Å². The molecule has 4 rings (SSSR count). The summed E-state index contributed by atoms with van der Waals surface area (Å²) in [5.74, 6) is -0.300.